The molecule has 118 valence electrons. The van der Waals surface area contributed by atoms with Gasteiger partial charge in [-0.25, -0.2) is 9.78 Å². The first-order valence-corrected chi connectivity index (χ1v) is 7.25. The molecule has 1 atom stereocenters. The molecule has 0 radical (unpaired) electrons. The molecule has 0 bridgehead atoms. The van der Waals surface area contributed by atoms with Gasteiger partial charge < -0.3 is 20.2 Å². The van der Waals surface area contributed by atoms with Crippen molar-refractivity contribution < 1.29 is 14.3 Å². The second-order valence-corrected chi connectivity index (χ2v) is 5.07. The average Bonchev–Trinajstić information content (AvgIpc) is 2.98. The van der Waals surface area contributed by atoms with Gasteiger partial charge in [-0.1, -0.05) is 42.5 Å². The minimum atomic E-state index is -0.862. The van der Waals surface area contributed by atoms with E-state index in [2.05, 4.69) is 9.97 Å². The maximum Gasteiger partial charge on any atom is 0.405 e. The molecule has 6 heteroatoms. The van der Waals surface area contributed by atoms with Gasteiger partial charge in [0.15, 0.2) is 11.9 Å². The van der Waals surface area contributed by atoms with Crippen molar-refractivity contribution in [3.63, 3.8) is 0 Å². The first-order valence-electron chi connectivity index (χ1n) is 7.25. The summed E-state index contributed by atoms with van der Waals surface area (Å²) in [5.74, 6) is 0.512. The number of carbonyl (C=O) groups is 1. The third kappa shape index (κ3) is 3.87. The van der Waals surface area contributed by atoms with Crippen LogP contribution in [0.15, 0.2) is 54.6 Å². The molecule has 0 aliphatic carbocycles. The van der Waals surface area contributed by atoms with Crippen LogP contribution in [0.25, 0.3) is 11.0 Å². The van der Waals surface area contributed by atoms with E-state index < -0.39 is 12.2 Å². The number of hydrogen-bond acceptors (Lipinski definition) is 4. The average molecular weight is 311 g/mol. The Morgan fingerprint density at radius 2 is 1.87 bits per heavy atom. The molecular weight excluding hydrogens is 294 g/mol. The second-order valence-electron chi connectivity index (χ2n) is 5.07. The summed E-state index contributed by atoms with van der Waals surface area (Å²) >= 11 is 0. The van der Waals surface area contributed by atoms with Gasteiger partial charge in [-0.15, -0.1) is 0 Å². The van der Waals surface area contributed by atoms with Crippen LogP contribution < -0.4 is 5.73 Å². The van der Waals surface area contributed by atoms with Gasteiger partial charge in [0.2, 0.25) is 0 Å². The number of nitrogens with one attached hydrogen (secondary N) is 1. The van der Waals surface area contributed by atoms with Crippen molar-refractivity contribution in [3.05, 3.63) is 66.0 Å². The number of aromatic amines is 1. The maximum atomic E-state index is 11.1. The Morgan fingerprint density at radius 1 is 1.13 bits per heavy atom. The first kappa shape index (κ1) is 15.1. The predicted octanol–water partition coefficient (Wildman–Crippen LogP) is 2.92. The number of carbonyl (C=O) groups excluding carboxylic acids is 1. The number of imidazole rings is 1. The molecule has 0 aliphatic rings. The summed E-state index contributed by atoms with van der Waals surface area (Å²) in [6, 6.07) is 17.3. The zero-order valence-electron chi connectivity index (χ0n) is 12.4. The number of H-pyrrole nitrogens is 1. The topological polar surface area (TPSA) is 90.2 Å². The Labute approximate surface area is 133 Å². The van der Waals surface area contributed by atoms with Crippen LogP contribution in [0.3, 0.4) is 0 Å². The van der Waals surface area contributed by atoms with E-state index in [0.29, 0.717) is 12.4 Å². The third-order valence-corrected chi connectivity index (χ3v) is 3.35. The van der Waals surface area contributed by atoms with Crippen molar-refractivity contribution in [2.45, 2.75) is 12.7 Å². The maximum absolute atomic E-state index is 11.1. The monoisotopic (exact) mass is 311 g/mol. The van der Waals surface area contributed by atoms with Crippen LogP contribution in [0.2, 0.25) is 0 Å². The van der Waals surface area contributed by atoms with Crippen molar-refractivity contribution in [1.29, 1.82) is 0 Å². The highest BCUT2D eigenvalue weighted by Crippen LogP contribution is 2.19. The van der Waals surface area contributed by atoms with Crippen LogP contribution in [-0.4, -0.2) is 22.7 Å². The van der Waals surface area contributed by atoms with Crippen molar-refractivity contribution in [3.8, 4) is 0 Å². The lowest BCUT2D eigenvalue weighted by Crippen LogP contribution is -2.21. The number of amides is 1. The van der Waals surface area contributed by atoms with Crippen molar-refractivity contribution in [2.75, 3.05) is 6.61 Å². The van der Waals surface area contributed by atoms with Gasteiger partial charge in [0, 0.05) is 0 Å². The molecule has 0 fully saturated rings. The number of rotatable bonds is 6. The zero-order valence-corrected chi connectivity index (χ0v) is 12.4. The van der Waals surface area contributed by atoms with Crippen LogP contribution in [0, 0.1) is 0 Å². The lowest BCUT2D eigenvalue weighted by Gasteiger charge is -2.14. The van der Waals surface area contributed by atoms with Gasteiger partial charge in [0.25, 0.3) is 0 Å². The summed E-state index contributed by atoms with van der Waals surface area (Å²) in [6.45, 7) is 0.581. The Kier molecular flexibility index (Phi) is 4.54. The van der Waals surface area contributed by atoms with Crippen molar-refractivity contribution in [2.24, 2.45) is 5.73 Å². The lowest BCUT2D eigenvalue weighted by atomic mass is 10.2. The largest absolute Gasteiger partial charge is 0.436 e. The summed E-state index contributed by atoms with van der Waals surface area (Å²) < 4.78 is 10.8. The Morgan fingerprint density at radius 3 is 2.61 bits per heavy atom. The molecule has 3 aromatic rings. The third-order valence-electron chi connectivity index (χ3n) is 3.35. The number of fused-ring (bicyclic) bond motifs is 1. The standard InChI is InChI=1S/C17H17N3O3/c18-17(21)23-15(11-22-10-12-6-2-1-3-7-12)16-19-13-8-4-5-9-14(13)20-16/h1-9,15H,10-11H2,(H2,18,21)(H,19,20). The highest BCUT2D eigenvalue weighted by atomic mass is 16.6. The number of para-hydroxylation sites is 2. The summed E-state index contributed by atoms with van der Waals surface area (Å²) in [5.41, 5.74) is 7.85. The number of hydrogen-bond donors (Lipinski definition) is 2. The molecule has 0 aliphatic heterocycles. The highest BCUT2D eigenvalue weighted by Gasteiger charge is 2.19. The van der Waals surface area contributed by atoms with Gasteiger partial charge in [0.05, 0.1) is 24.2 Å². The molecule has 1 amide bonds. The normalized spacial score (nSPS) is 12.2. The molecular formula is C17H17N3O3. The molecule has 0 saturated carbocycles. The molecule has 3 rings (SSSR count). The Bertz CT molecular complexity index is 753. The number of primary amides is 1. The molecule has 2 aromatic carbocycles. The van der Waals surface area contributed by atoms with Crippen LogP contribution in [0.4, 0.5) is 4.79 Å². The molecule has 3 N–H and O–H groups in total. The van der Waals surface area contributed by atoms with E-state index >= 15 is 0 Å². The fraction of sp³-hybridized carbons (Fsp3) is 0.176. The van der Waals surface area contributed by atoms with Crippen LogP contribution in [0.5, 0.6) is 0 Å². The minimum Gasteiger partial charge on any atom is -0.436 e. The van der Waals surface area contributed by atoms with Crippen molar-refractivity contribution in [1.82, 2.24) is 9.97 Å². The lowest BCUT2D eigenvalue weighted by molar-refractivity contribution is 0.0122. The fourth-order valence-corrected chi connectivity index (χ4v) is 2.29. The molecule has 1 heterocycles. The van der Waals surface area contributed by atoms with Gasteiger partial charge in [-0.3, -0.25) is 0 Å². The van der Waals surface area contributed by atoms with E-state index in [4.69, 9.17) is 15.2 Å². The Balaban J connectivity index is 1.71. The smallest absolute Gasteiger partial charge is 0.405 e. The number of ether oxygens (including phenoxy) is 2. The number of nitrogens with two attached hydrogens (primary N) is 1. The number of benzene rings is 2. The quantitative estimate of drug-likeness (QED) is 0.732. The fourth-order valence-electron chi connectivity index (χ4n) is 2.29. The summed E-state index contributed by atoms with van der Waals surface area (Å²) in [4.78, 5) is 18.7. The van der Waals surface area contributed by atoms with Gasteiger partial charge >= 0.3 is 6.09 Å². The summed E-state index contributed by atoms with van der Waals surface area (Å²) in [7, 11) is 0. The van der Waals surface area contributed by atoms with Gasteiger partial charge in [0.1, 0.15) is 0 Å². The SMILES string of the molecule is NC(=O)OC(COCc1ccccc1)c1nc2ccccc2[nH]1. The van der Waals surface area contributed by atoms with E-state index in [1.807, 2.05) is 54.6 Å². The van der Waals surface area contributed by atoms with Gasteiger partial charge in [-0.2, -0.15) is 0 Å². The van der Waals surface area contributed by atoms with E-state index in [0.717, 1.165) is 16.6 Å². The van der Waals surface area contributed by atoms with Crippen molar-refractivity contribution >= 4 is 17.1 Å². The Hall–Kier alpha value is -2.86. The van der Waals surface area contributed by atoms with Crippen LogP contribution in [-0.2, 0) is 16.1 Å². The van der Waals surface area contributed by atoms with Crippen LogP contribution in [0.1, 0.15) is 17.5 Å². The molecule has 23 heavy (non-hydrogen) atoms. The molecule has 0 saturated heterocycles. The van der Waals surface area contributed by atoms with E-state index in [1.165, 1.54) is 0 Å². The molecule has 0 spiro atoms. The second kappa shape index (κ2) is 6.93. The van der Waals surface area contributed by atoms with Gasteiger partial charge in [-0.05, 0) is 17.7 Å². The number of nitrogens with zero attached hydrogens (tertiary/aromatic N) is 1. The predicted molar refractivity (Wildman–Crippen MR) is 85.6 cm³/mol. The van der Waals surface area contributed by atoms with E-state index in [1.54, 1.807) is 0 Å². The zero-order chi connectivity index (χ0) is 16.1. The summed E-state index contributed by atoms with van der Waals surface area (Å²) in [5, 5.41) is 0. The molecule has 1 aromatic heterocycles. The van der Waals surface area contributed by atoms with E-state index in [-0.39, 0.29) is 6.61 Å². The molecule has 6 nitrogen and oxygen atoms in total. The first-order chi connectivity index (χ1) is 11.2. The highest BCUT2D eigenvalue weighted by molar-refractivity contribution is 5.75. The summed E-state index contributed by atoms with van der Waals surface area (Å²) in [6.07, 6.45) is -1.54. The van der Waals surface area contributed by atoms with Crippen LogP contribution >= 0.6 is 0 Å². The number of aromatic nitrogens is 2. The van der Waals surface area contributed by atoms with E-state index in [9.17, 15) is 4.79 Å². The molecule has 1 unspecified atom stereocenters. The minimum absolute atomic E-state index is 0.164.